The van der Waals surface area contributed by atoms with Gasteiger partial charge in [0.25, 0.3) is 0 Å². The molecule has 1 rings (SSSR count). The van der Waals surface area contributed by atoms with Crippen LogP contribution in [0.15, 0.2) is 22.7 Å². The average Bonchev–Trinajstić information content (AvgIpc) is 2.16. The zero-order valence-electron chi connectivity index (χ0n) is 7.17. The van der Waals surface area contributed by atoms with Gasteiger partial charge in [-0.3, -0.25) is 4.79 Å². The maximum absolute atomic E-state index is 11.4. The number of carbonyl (C=O) groups excluding carboxylic acids is 1. The lowest BCUT2D eigenvalue weighted by molar-refractivity contribution is 0.0987. The predicted molar refractivity (Wildman–Crippen MR) is 53.5 cm³/mol. The van der Waals surface area contributed by atoms with Crippen molar-refractivity contribution in [1.29, 1.82) is 5.26 Å². The Labute approximate surface area is 85.3 Å². The first-order chi connectivity index (χ1) is 6.20. The Kier molecular flexibility index (Phi) is 3.21. The first kappa shape index (κ1) is 9.94. The molecule has 66 valence electrons. The third-order valence-electron chi connectivity index (χ3n) is 1.73. The molecular weight excluding hydrogens is 230 g/mol. The molecule has 1 aromatic rings. The van der Waals surface area contributed by atoms with E-state index in [1.165, 1.54) is 0 Å². The van der Waals surface area contributed by atoms with E-state index in [1.807, 2.05) is 6.07 Å². The maximum Gasteiger partial charge on any atom is 0.165 e. The summed E-state index contributed by atoms with van der Waals surface area (Å²) in [6, 6.07) is 7.16. The van der Waals surface area contributed by atoms with Crippen molar-refractivity contribution in [1.82, 2.24) is 0 Å². The SMILES string of the molecule is CCC(=O)c1c(Br)cccc1C#N. The van der Waals surface area contributed by atoms with Gasteiger partial charge < -0.3 is 0 Å². The van der Waals surface area contributed by atoms with Crippen molar-refractivity contribution in [2.24, 2.45) is 0 Å². The second-order valence-electron chi connectivity index (χ2n) is 2.55. The standard InChI is InChI=1S/C10H8BrNO/c1-2-9(13)10-7(6-12)4-3-5-8(10)11/h3-5H,2H2,1H3. The van der Waals surface area contributed by atoms with E-state index < -0.39 is 0 Å². The summed E-state index contributed by atoms with van der Waals surface area (Å²) in [6.45, 7) is 1.78. The molecule has 0 heterocycles. The van der Waals surface area contributed by atoms with Gasteiger partial charge in [-0.15, -0.1) is 0 Å². The van der Waals surface area contributed by atoms with Crippen LogP contribution in [0.2, 0.25) is 0 Å². The van der Waals surface area contributed by atoms with Gasteiger partial charge >= 0.3 is 0 Å². The molecule has 0 N–H and O–H groups in total. The fraction of sp³-hybridized carbons (Fsp3) is 0.200. The Balaban J connectivity index is 3.33. The molecule has 0 aliphatic rings. The van der Waals surface area contributed by atoms with E-state index in [9.17, 15) is 4.79 Å². The van der Waals surface area contributed by atoms with Crippen LogP contribution in [0, 0.1) is 11.3 Å². The molecule has 0 atom stereocenters. The number of ketones is 1. The van der Waals surface area contributed by atoms with Crippen LogP contribution in [0.4, 0.5) is 0 Å². The number of benzene rings is 1. The number of Topliss-reactive ketones (excluding diaryl/α,β-unsaturated/α-hetero) is 1. The number of nitrogens with zero attached hydrogens (tertiary/aromatic N) is 1. The van der Waals surface area contributed by atoms with Crippen molar-refractivity contribution >= 4 is 21.7 Å². The molecule has 0 unspecified atom stereocenters. The van der Waals surface area contributed by atoms with Crippen LogP contribution in [0.25, 0.3) is 0 Å². The Morgan fingerprint density at radius 2 is 2.31 bits per heavy atom. The van der Waals surface area contributed by atoms with E-state index in [4.69, 9.17) is 5.26 Å². The predicted octanol–water partition coefficient (Wildman–Crippen LogP) is 2.91. The van der Waals surface area contributed by atoms with Gasteiger partial charge in [0.15, 0.2) is 5.78 Å². The number of nitriles is 1. The summed E-state index contributed by atoms with van der Waals surface area (Å²) < 4.78 is 0.693. The van der Waals surface area contributed by atoms with E-state index in [0.717, 1.165) is 0 Å². The topological polar surface area (TPSA) is 40.9 Å². The third-order valence-corrected chi connectivity index (χ3v) is 2.39. The maximum atomic E-state index is 11.4. The Hall–Kier alpha value is -1.14. The van der Waals surface area contributed by atoms with E-state index in [1.54, 1.807) is 25.1 Å². The van der Waals surface area contributed by atoms with Crippen LogP contribution in [0.3, 0.4) is 0 Å². The molecule has 0 aliphatic carbocycles. The quantitative estimate of drug-likeness (QED) is 0.743. The fourth-order valence-corrected chi connectivity index (χ4v) is 1.66. The van der Waals surface area contributed by atoms with Crippen molar-refractivity contribution in [3.63, 3.8) is 0 Å². The first-order valence-corrected chi connectivity index (χ1v) is 4.71. The molecule has 0 saturated carbocycles. The second kappa shape index (κ2) is 4.20. The van der Waals surface area contributed by atoms with Crippen molar-refractivity contribution in [3.05, 3.63) is 33.8 Å². The van der Waals surface area contributed by atoms with Gasteiger partial charge in [0.05, 0.1) is 11.6 Å². The van der Waals surface area contributed by atoms with Crippen molar-refractivity contribution in [2.45, 2.75) is 13.3 Å². The minimum Gasteiger partial charge on any atom is -0.294 e. The molecule has 2 nitrogen and oxygen atoms in total. The number of carbonyl (C=O) groups is 1. The fourth-order valence-electron chi connectivity index (χ4n) is 1.08. The molecule has 0 bridgehead atoms. The van der Waals surface area contributed by atoms with E-state index in [-0.39, 0.29) is 5.78 Å². The van der Waals surface area contributed by atoms with Crippen molar-refractivity contribution < 1.29 is 4.79 Å². The zero-order chi connectivity index (χ0) is 9.84. The summed E-state index contributed by atoms with van der Waals surface area (Å²) in [5.74, 6) is -0.0102. The van der Waals surface area contributed by atoms with Gasteiger partial charge in [0.1, 0.15) is 0 Å². The van der Waals surface area contributed by atoms with E-state index in [2.05, 4.69) is 15.9 Å². The van der Waals surface area contributed by atoms with Crippen molar-refractivity contribution in [3.8, 4) is 6.07 Å². The highest BCUT2D eigenvalue weighted by molar-refractivity contribution is 9.10. The molecular formula is C10H8BrNO. The minimum absolute atomic E-state index is 0.0102. The Morgan fingerprint density at radius 3 is 2.85 bits per heavy atom. The largest absolute Gasteiger partial charge is 0.294 e. The van der Waals surface area contributed by atoms with Gasteiger partial charge in [-0.05, 0) is 12.1 Å². The van der Waals surface area contributed by atoms with Gasteiger partial charge in [0.2, 0.25) is 0 Å². The zero-order valence-corrected chi connectivity index (χ0v) is 8.76. The molecule has 0 aliphatic heterocycles. The molecule has 1 aromatic carbocycles. The van der Waals surface area contributed by atoms with Gasteiger partial charge in [-0.25, -0.2) is 0 Å². The molecule has 3 heteroatoms. The smallest absolute Gasteiger partial charge is 0.165 e. The molecule has 0 aromatic heterocycles. The minimum atomic E-state index is -0.0102. The summed E-state index contributed by atoms with van der Waals surface area (Å²) in [5.41, 5.74) is 0.925. The normalized spacial score (nSPS) is 9.31. The van der Waals surface area contributed by atoms with Gasteiger partial charge in [-0.2, -0.15) is 5.26 Å². The Bertz CT molecular complexity index is 379. The van der Waals surface area contributed by atoms with E-state index >= 15 is 0 Å². The lowest BCUT2D eigenvalue weighted by Gasteiger charge is -2.02. The van der Waals surface area contributed by atoms with Crippen LogP contribution >= 0.6 is 15.9 Å². The highest BCUT2D eigenvalue weighted by Crippen LogP contribution is 2.21. The summed E-state index contributed by atoms with van der Waals surface area (Å²) in [5, 5.41) is 8.76. The lowest BCUT2D eigenvalue weighted by Crippen LogP contribution is -2.01. The third kappa shape index (κ3) is 1.96. The van der Waals surface area contributed by atoms with Crippen molar-refractivity contribution in [2.75, 3.05) is 0 Å². The monoisotopic (exact) mass is 237 g/mol. The van der Waals surface area contributed by atoms with Crippen LogP contribution in [0.5, 0.6) is 0 Å². The van der Waals surface area contributed by atoms with E-state index in [0.29, 0.717) is 22.0 Å². The first-order valence-electron chi connectivity index (χ1n) is 3.92. The van der Waals surface area contributed by atoms with Gasteiger partial charge in [-0.1, -0.05) is 28.9 Å². The van der Waals surface area contributed by atoms with Crippen LogP contribution in [-0.2, 0) is 0 Å². The number of rotatable bonds is 2. The molecule has 0 radical (unpaired) electrons. The number of hydrogen-bond donors (Lipinski definition) is 0. The van der Waals surface area contributed by atoms with Crippen LogP contribution in [0.1, 0.15) is 29.3 Å². The average molecular weight is 238 g/mol. The Morgan fingerprint density at radius 1 is 1.62 bits per heavy atom. The van der Waals surface area contributed by atoms with Gasteiger partial charge in [0, 0.05) is 16.5 Å². The molecule has 13 heavy (non-hydrogen) atoms. The molecule has 0 spiro atoms. The molecule has 0 amide bonds. The lowest BCUT2D eigenvalue weighted by atomic mass is 10.0. The summed E-state index contributed by atoms with van der Waals surface area (Å²) in [6.07, 6.45) is 0.414. The van der Waals surface area contributed by atoms with Crippen LogP contribution in [-0.4, -0.2) is 5.78 Å². The van der Waals surface area contributed by atoms with Crippen LogP contribution < -0.4 is 0 Å². The molecule has 0 fully saturated rings. The second-order valence-corrected chi connectivity index (χ2v) is 3.41. The number of halogens is 1. The summed E-state index contributed by atoms with van der Waals surface area (Å²) >= 11 is 3.26. The summed E-state index contributed by atoms with van der Waals surface area (Å²) in [7, 11) is 0. The highest BCUT2D eigenvalue weighted by atomic mass is 79.9. The molecule has 0 saturated heterocycles. The number of hydrogen-bond acceptors (Lipinski definition) is 2. The summed E-state index contributed by atoms with van der Waals surface area (Å²) in [4.78, 5) is 11.4. The highest BCUT2D eigenvalue weighted by Gasteiger charge is 2.12.